The first-order valence-corrected chi connectivity index (χ1v) is 6.89. The molecule has 112 valence electrons. The van der Waals surface area contributed by atoms with Gasteiger partial charge in [0.25, 0.3) is 0 Å². The van der Waals surface area contributed by atoms with Crippen LogP contribution >= 0.6 is 0 Å². The Hall–Kier alpha value is -1.63. The Balaban J connectivity index is 2.15. The number of para-hydroxylation sites is 1. The average molecular weight is 288 g/mol. The molecule has 0 atom stereocenters. The van der Waals surface area contributed by atoms with Crippen LogP contribution in [0.3, 0.4) is 0 Å². The van der Waals surface area contributed by atoms with Gasteiger partial charge in [0.05, 0.1) is 16.9 Å². The van der Waals surface area contributed by atoms with Crippen LogP contribution in [0.2, 0.25) is 0 Å². The summed E-state index contributed by atoms with van der Waals surface area (Å²) in [6.07, 6.45) is 3.26. The zero-order valence-electron chi connectivity index (χ0n) is 12.8. The summed E-state index contributed by atoms with van der Waals surface area (Å²) in [5.41, 5.74) is -0.543. The summed E-state index contributed by atoms with van der Waals surface area (Å²) in [6.45, 7) is 6.76. The SMILES string of the molecule is CC(C)(O)C(C)(C)OB(O)c1cnn(-c2ccccc2)c1. The molecule has 2 N–H and O–H groups in total. The molecule has 0 aliphatic carbocycles. The Kier molecular flexibility index (Phi) is 4.23. The van der Waals surface area contributed by atoms with Crippen molar-refractivity contribution in [1.29, 1.82) is 0 Å². The van der Waals surface area contributed by atoms with Gasteiger partial charge in [0.15, 0.2) is 0 Å². The molecule has 0 aliphatic heterocycles. The van der Waals surface area contributed by atoms with Crippen LogP contribution in [0.25, 0.3) is 5.69 Å². The number of aliphatic hydroxyl groups is 1. The fourth-order valence-electron chi connectivity index (χ4n) is 1.68. The van der Waals surface area contributed by atoms with E-state index in [1.54, 1.807) is 44.8 Å². The standard InChI is InChI=1S/C15H21BN2O3/c1-14(2,19)15(3,4)21-16(20)12-10-17-18(11-12)13-8-6-5-7-9-13/h5-11,19-20H,1-4H3. The van der Waals surface area contributed by atoms with Crippen molar-refractivity contribution < 1.29 is 14.8 Å². The van der Waals surface area contributed by atoms with Crippen molar-refractivity contribution in [2.45, 2.75) is 38.9 Å². The number of rotatable bonds is 5. The van der Waals surface area contributed by atoms with E-state index in [0.29, 0.717) is 5.46 Å². The van der Waals surface area contributed by atoms with Gasteiger partial charge in [-0.15, -0.1) is 0 Å². The molecule has 0 unspecified atom stereocenters. The normalized spacial score (nSPS) is 12.5. The number of hydrogen-bond acceptors (Lipinski definition) is 4. The van der Waals surface area contributed by atoms with Gasteiger partial charge in [-0.1, -0.05) is 18.2 Å². The van der Waals surface area contributed by atoms with Crippen LogP contribution in [0.4, 0.5) is 0 Å². The van der Waals surface area contributed by atoms with Crippen molar-refractivity contribution in [3.8, 4) is 5.69 Å². The number of aromatic nitrogens is 2. The maximum atomic E-state index is 10.2. The van der Waals surface area contributed by atoms with Crippen LogP contribution in [0.1, 0.15) is 27.7 Å². The quantitative estimate of drug-likeness (QED) is 0.809. The lowest BCUT2D eigenvalue weighted by Gasteiger charge is -2.38. The molecule has 2 aromatic rings. The molecule has 1 aromatic carbocycles. The maximum Gasteiger partial charge on any atom is 0.494 e. The molecule has 5 nitrogen and oxygen atoms in total. The van der Waals surface area contributed by atoms with Gasteiger partial charge in [0.2, 0.25) is 0 Å². The van der Waals surface area contributed by atoms with Gasteiger partial charge in [-0.3, -0.25) is 0 Å². The lowest BCUT2D eigenvalue weighted by atomic mass is 9.78. The average Bonchev–Trinajstić information content (AvgIpc) is 2.87. The Labute approximate surface area is 125 Å². The van der Waals surface area contributed by atoms with Crippen LogP contribution in [-0.2, 0) is 4.65 Å². The molecule has 1 heterocycles. The first-order chi connectivity index (χ1) is 9.71. The fourth-order valence-corrected chi connectivity index (χ4v) is 1.68. The molecule has 0 spiro atoms. The lowest BCUT2D eigenvalue weighted by Crippen LogP contribution is -2.53. The Bertz CT molecular complexity index is 590. The van der Waals surface area contributed by atoms with E-state index in [-0.39, 0.29) is 0 Å². The van der Waals surface area contributed by atoms with Gasteiger partial charge in [-0.2, -0.15) is 5.10 Å². The van der Waals surface area contributed by atoms with E-state index in [1.165, 1.54) is 0 Å². The third-order valence-electron chi connectivity index (χ3n) is 3.79. The largest absolute Gasteiger partial charge is 0.494 e. The highest BCUT2D eigenvalue weighted by molar-refractivity contribution is 6.59. The molecule has 2 rings (SSSR count). The van der Waals surface area contributed by atoms with Crippen molar-refractivity contribution in [2.75, 3.05) is 0 Å². The lowest BCUT2D eigenvalue weighted by molar-refractivity contribution is -0.0982. The Morgan fingerprint density at radius 2 is 1.76 bits per heavy atom. The van der Waals surface area contributed by atoms with Crippen LogP contribution in [0.5, 0.6) is 0 Å². The molecule has 0 radical (unpaired) electrons. The minimum atomic E-state index is -1.15. The van der Waals surface area contributed by atoms with Gasteiger partial charge in [0.1, 0.15) is 0 Å². The first-order valence-electron chi connectivity index (χ1n) is 6.89. The molecule has 0 amide bonds. The highest BCUT2D eigenvalue weighted by Crippen LogP contribution is 2.25. The van der Waals surface area contributed by atoms with Crippen LogP contribution in [0.15, 0.2) is 42.7 Å². The van der Waals surface area contributed by atoms with E-state index >= 15 is 0 Å². The number of hydrogen-bond donors (Lipinski definition) is 2. The van der Waals surface area contributed by atoms with Crippen LogP contribution in [0, 0.1) is 0 Å². The zero-order valence-corrected chi connectivity index (χ0v) is 12.8. The summed E-state index contributed by atoms with van der Waals surface area (Å²) in [5, 5.41) is 24.5. The fraction of sp³-hybridized carbons (Fsp3) is 0.400. The molecular weight excluding hydrogens is 267 g/mol. The second-order valence-corrected chi connectivity index (χ2v) is 6.09. The molecule has 0 fully saturated rings. The van der Waals surface area contributed by atoms with Crippen molar-refractivity contribution in [2.24, 2.45) is 0 Å². The monoisotopic (exact) mass is 288 g/mol. The topological polar surface area (TPSA) is 67.5 Å². The molecule has 21 heavy (non-hydrogen) atoms. The number of benzene rings is 1. The van der Waals surface area contributed by atoms with E-state index in [0.717, 1.165) is 5.69 Å². The van der Waals surface area contributed by atoms with E-state index in [9.17, 15) is 10.1 Å². The zero-order chi connectivity index (χ0) is 15.7. The third kappa shape index (κ3) is 3.53. The minimum Gasteiger partial charge on any atom is -0.423 e. The highest BCUT2D eigenvalue weighted by atomic mass is 16.5. The van der Waals surface area contributed by atoms with Crippen molar-refractivity contribution in [3.63, 3.8) is 0 Å². The summed E-state index contributed by atoms with van der Waals surface area (Å²) in [6, 6.07) is 9.61. The Morgan fingerprint density at radius 3 is 2.33 bits per heavy atom. The Morgan fingerprint density at radius 1 is 1.14 bits per heavy atom. The molecule has 1 aromatic heterocycles. The van der Waals surface area contributed by atoms with Gasteiger partial charge in [-0.25, -0.2) is 4.68 Å². The second kappa shape index (κ2) is 5.64. The van der Waals surface area contributed by atoms with Gasteiger partial charge < -0.3 is 14.8 Å². The third-order valence-corrected chi connectivity index (χ3v) is 3.79. The van der Waals surface area contributed by atoms with E-state index < -0.39 is 18.3 Å². The molecule has 0 saturated carbocycles. The summed E-state index contributed by atoms with van der Waals surface area (Å²) in [7, 11) is -1.15. The predicted octanol–water partition coefficient (Wildman–Crippen LogP) is 1.13. The summed E-state index contributed by atoms with van der Waals surface area (Å²) in [4.78, 5) is 0. The van der Waals surface area contributed by atoms with E-state index in [4.69, 9.17) is 4.65 Å². The van der Waals surface area contributed by atoms with E-state index in [2.05, 4.69) is 5.10 Å². The highest BCUT2D eigenvalue weighted by Gasteiger charge is 2.39. The molecule has 0 saturated heterocycles. The van der Waals surface area contributed by atoms with Gasteiger partial charge in [0, 0.05) is 17.9 Å². The minimum absolute atomic E-state index is 0.538. The van der Waals surface area contributed by atoms with Gasteiger partial charge in [-0.05, 0) is 39.8 Å². The van der Waals surface area contributed by atoms with Gasteiger partial charge >= 0.3 is 7.12 Å². The van der Waals surface area contributed by atoms with Crippen LogP contribution < -0.4 is 5.46 Å². The van der Waals surface area contributed by atoms with Crippen LogP contribution in [-0.4, -0.2) is 38.2 Å². The molecular formula is C15H21BN2O3. The molecule has 0 aliphatic rings. The summed E-state index contributed by atoms with van der Waals surface area (Å²) < 4.78 is 7.26. The smallest absolute Gasteiger partial charge is 0.423 e. The molecule has 0 bridgehead atoms. The van der Waals surface area contributed by atoms with E-state index in [1.807, 2.05) is 30.3 Å². The van der Waals surface area contributed by atoms with Crippen molar-refractivity contribution >= 4 is 12.6 Å². The molecule has 6 heteroatoms. The number of nitrogens with zero attached hydrogens (tertiary/aromatic N) is 2. The van der Waals surface area contributed by atoms with Crippen molar-refractivity contribution in [1.82, 2.24) is 9.78 Å². The first kappa shape index (κ1) is 15.8. The maximum absolute atomic E-state index is 10.2. The second-order valence-electron chi connectivity index (χ2n) is 6.09. The summed E-state index contributed by atoms with van der Waals surface area (Å²) in [5.74, 6) is 0. The van der Waals surface area contributed by atoms with Crippen molar-refractivity contribution in [3.05, 3.63) is 42.7 Å². The predicted molar refractivity (Wildman–Crippen MR) is 82.6 cm³/mol. The summed E-state index contributed by atoms with van der Waals surface area (Å²) >= 11 is 0.